The number of benzene rings is 1. The summed E-state index contributed by atoms with van der Waals surface area (Å²) in [5.74, 6) is -2.41. The van der Waals surface area contributed by atoms with Gasteiger partial charge < -0.3 is 19.3 Å². The molecule has 0 aliphatic heterocycles. The van der Waals surface area contributed by atoms with Crippen molar-refractivity contribution in [3.05, 3.63) is 38.1 Å². The van der Waals surface area contributed by atoms with Crippen LogP contribution in [0.4, 0.5) is 4.39 Å². The van der Waals surface area contributed by atoms with Crippen LogP contribution >= 0.6 is 11.6 Å². The summed E-state index contributed by atoms with van der Waals surface area (Å²) in [6.07, 6.45) is -1.73. The van der Waals surface area contributed by atoms with E-state index in [2.05, 4.69) is 0 Å². The van der Waals surface area contributed by atoms with Crippen molar-refractivity contribution in [2.45, 2.75) is 25.7 Å². The summed E-state index contributed by atoms with van der Waals surface area (Å²) >= 11 is 5.87. The van der Waals surface area contributed by atoms with Crippen LogP contribution in [0.3, 0.4) is 0 Å². The smallest absolute Gasteiger partial charge is 0.233 e. The first kappa shape index (κ1) is 19.6. The van der Waals surface area contributed by atoms with Crippen LogP contribution in [0, 0.1) is 15.9 Å². The van der Waals surface area contributed by atoms with Gasteiger partial charge in [-0.25, -0.2) is 4.39 Å². The van der Waals surface area contributed by atoms with Crippen molar-refractivity contribution >= 4 is 11.6 Å². The zero-order valence-electron chi connectivity index (χ0n) is 13.3. The van der Waals surface area contributed by atoms with Crippen molar-refractivity contribution in [3.63, 3.8) is 0 Å². The highest BCUT2D eigenvalue weighted by Gasteiger charge is 2.36. The van der Waals surface area contributed by atoms with E-state index in [0.29, 0.717) is 0 Å². The number of ether oxygens (including phenoxy) is 3. The van der Waals surface area contributed by atoms with E-state index in [1.165, 1.54) is 20.3 Å². The SMILES string of the molecule is CCOc1c(C(C)(OC)OC)cc(Cl)c(F)c1C(O)C[N+](=O)[O-]. The molecule has 1 rings (SSSR count). The van der Waals surface area contributed by atoms with Gasteiger partial charge in [0.1, 0.15) is 11.9 Å². The molecule has 0 radical (unpaired) electrons. The van der Waals surface area contributed by atoms with Crippen molar-refractivity contribution in [1.82, 2.24) is 0 Å². The first-order valence-corrected chi connectivity index (χ1v) is 7.14. The molecule has 23 heavy (non-hydrogen) atoms. The Balaban J connectivity index is 3.66. The standard InChI is InChI=1S/C14H19ClFNO6/c1-5-23-13-8(14(2,21-3)22-4)6-9(15)12(16)11(13)10(18)7-17(19)20/h6,10,18H,5,7H2,1-4H3. The maximum atomic E-state index is 14.4. The van der Waals surface area contributed by atoms with Gasteiger partial charge in [0.25, 0.3) is 0 Å². The molecule has 0 aliphatic carbocycles. The predicted octanol–water partition coefficient (Wildman–Crippen LogP) is 2.65. The minimum absolute atomic E-state index is 0.0880. The van der Waals surface area contributed by atoms with Gasteiger partial charge in [-0.15, -0.1) is 0 Å². The second-order valence-electron chi connectivity index (χ2n) is 4.78. The lowest BCUT2D eigenvalue weighted by atomic mass is 9.98. The summed E-state index contributed by atoms with van der Waals surface area (Å²) in [4.78, 5) is 9.88. The van der Waals surface area contributed by atoms with E-state index in [9.17, 15) is 19.6 Å². The molecule has 0 heterocycles. The maximum Gasteiger partial charge on any atom is 0.233 e. The quantitative estimate of drug-likeness (QED) is 0.440. The fourth-order valence-corrected chi connectivity index (χ4v) is 2.31. The minimum Gasteiger partial charge on any atom is -0.493 e. The van der Waals surface area contributed by atoms with Crippen molar-refractivity contribution in [1.29, 1.82) is 0 Å². The molecular weight excluding hydrogens is 333 g/mol. The number of halogens is 2. The largest absolute Gasteiger partial charge is 0.493 e. The van der Waals surface area contributed by atoms with E-state index in [1.807, 2.05) is 0 Å². The average molecular weight is 352 g/mol. The van der Waals surface area contributed by atoms with E-state index in [4.69, 9.17) is 25.8 Å². The molecule has 1 aromatic rings. The van der Waals surface area contributed by atoms with Gasteiger partial charge in [0.15, 0.2) is 11.6 Å². The second-order valence-corrected chi connectivity index (χ2v) is 5.19. The van der Waals surface area contributed by atoms with Gasteiger partial charge in [-0.05, 0) is 19.9 Å². The third-order valence-corrected chi connectivity index (χ3v) is 3.69. The Labute approximate surface area is 138 Å². The Bertz CT molecular complexity index is 579. The molecule has 130 valence electrons. The molecule has 0 aliphatic rings. The van der Waals surface area contributed by atoms with Crippen LogP contribution in [-0.2, 0) is 15.3 Å². The van der Waals surface area contributed by atoms with Crippen LogP contribution in [0.1, 0.15) is 31.1 Å². The number of rotatable bonds is 8. The van der Waals surface area contributed by atoms with Gasteiger partial charge >= 0.3 is 0 Å². The highest BCUT2D eigenvalue weighted by atomic mass is 35.5. The average Bonchev–Trinajstić information content (AvgIpc) is 2.49. The molecule has 0 saturated carbocycles. The Morgan fingerprint density at radius 1 is 1.48 bits per heavy atom. The first-order chi connectivity index (χ1) is 10.7. The maximum absolute atomic E-state index is 14.4. The fraction of sp³-hybridized carbons (Fsp3) is 0.571. The first-order valence-electron chi connectivity index (χ1n) is 6.77. The van der Waals surface area contributed by atoms with Gasteiger partial charge in [0, 0.05) is 19.1 Å². The zero-order chi connectivity index (χ0) is 17.8. The predicted molar refractivity (Wildman–Crippen MR) is 80.8 cm³/mol. The molecule has 0 fully saturated rings. The van der Waals surface area contributed by atoms with Crippen LogP contribution in [-0.4, -0.2) is 37.4 Å². The number of hydrogen-bond donors (Lipinski definition) is 1. The van der Waals surface area contributed by atoms with E-state index < -0.39 is 34.7 Å². The van der Waals surface area contributed by atoms with Crippen molar-refractivity contribution < 1.29 is 28.6 Å². The van der Waals surface area contributed by atoms with Crippen molar-refractivity contribution in [2.75, 3.05) is 27.4 Å². The highest BCUT2D eigenvalue weighted by Crippen LogP contribution is 2.42. The fourth-order valence-electron chi connectivity index (χ4n) is 2.10. The Morgan fingerprint density at radius 2 is 2.04 bits per heavy atom. The summed E-state index contributed by atoms with van der Waals surface area (Å²) in [6.45, 7) is 2.43. The van der Waals surface area contributed by atoms with Gasteiger partial charge in [0.2, 0.25) is 6.54 Å². The third-order valence-electron chi connectivity index (χ3n) is 3.42. The van der Waals surface area contributed by atoms with Gasteiger partial charge in [-0.1, -0.05) is 11.6 Å². The van der Waals surface area contributed by atoms with E-state index in [-0.39, 0.29) is 22.9 Å². The minimum atomic E-state index is -1.73. The number of nitrogens with zero attached hydrogens (tertiary/aromatic N) is 1. The zero-order valence-corrected chi connectivity index (χ0v) is 14.0. The van der Waals surface area contributed by atoms with E-state index >= 15 is 0 Å². The molecule has 9 heteroatoms. The molecule has 0 bridgehead atoms. The summed E-state index contributed by atoms with van der Waals surface area (Å²) in [5, 5.41) is 20.3. The molecule has 0 aromatic heterocycles. The van der Waals surface area contributed by atoms with Gasteiger partial charge in [-0.2, -0.15) is 0 Å². The van der Waals surface area contributed by atoms with Crippen LogP contribution < -0.4 is 4.74 Å². The van der Waals surface area contributed by atoms with Crippen LogP contribution in [0.2, 0.25) is 5.02 Å². The Hall–Kier alpha value is -1.48. The molecule has 0 saturated heterocycles. The molecule has 0 spiro atoms. The summed E-state index contributed by atoms with van der Waals surface area (Å²) in [7, 11) is 2.73. The normalized spacial score (nSPS) is 13.0. The number of methoxy groups -OCH3 is 2. The highest BCUT2D eigenvalue weighted by molar-refractivity contribution is 6.31. The molecule has 1 aromatic carbocycles. The summed E-state index contributed by atoms with van der Waals surface area (Å²) < 4.78 is 30.3. The van der Waals surface area contributed by atoms with Crippen LogP contribution in [0.25, 0.3) is 0 Å². The van der Waals surface area contributed by atoms with Gasteiger partial charge in [-0.3, -0.25) is 10.1 Å². The second kappa shape index (κ2) is 7.87. The summed E-state index contributed by atoms with van der Waals surface area (Å²) in [6, 6.07) is 1.25. The number of aliphatic hydroxyl groups is 1. The third kappa shape index (κ3) is 4.08. The number of aliphatic hydroxyl groups excluding tert-OH is 1. The molecule has 7 nitrogen and oxygen atoms in total. The van der Waals surface area contributed by atoms with Crippen LogP contribution in [0.5, 0.6) is 5.75 Å². The lowest BCUT2D eigenvalue weighted by molar-refractivity contribution is -0.491. The molecule has 1 N–H and O–H groups in total. The Kier molecular flexibility index (Phi) is 6.69. The van der Waals surface area contributed by atoms with E-state index in [1.54, 1.807) is 13.8 Å². The monoisotopic (exact) mass is 351 g/mol. The molecule has 0 amide bonds. The lowest BCUT2D eigenvalue weighted by Crippen LogP contribution is -2.29. The lowest BCUT2D eigenvalue weighted by Gasteiger charge is -2.30. The van der Waals surface area contributed by atoms with Gasteiger partial charge in [0.05, 0.1) is 22.8 Å². The Morgan fingerprint density at radius 3 is 2.48 bits per heavy atom. The van der Waals surface area contributed by atoms with E-state index in [0.717, 1.165) is 0 Å². The molecule has 1 unspecified atom stereocenters. The summed E-state index contributed by atoms with van der Waals surface area (Å²) in [5.41, 5.74) is -0.181. The van der Waals surface area contributed by atoms with Crippen LogP contribution in [0.15, 0.2) is 6.07 Å². The van der Waals surface area contributed by atoms with Crippen molar-refractivity contribution in [3.8, 4) is 5.75 Å². The molecule has 1 atom stereocenters. The topological polar surface area (TPSA) is 91.1 Å². The number of nitro groups is 1. The number of hydrogen-bond acceptors (Lipinski definition) is 6. The van der Waals surface area contributed by atoms with Crippen molar-refractivity contribution in [2.24, 2.45) is 0 Å². The molecular formula is C14H19ClFNO6.